The van der Waals surface area contributed by atoms with Crippen LogP contribution in [0.3, 0.4) is 0 Å². The molecule has 0 saturated carbocycles. The Morgan fingerprint density at radius 3 is 2.42 bits per heavy atom. The van der Waals surface area contributed by atoms with Gasteiger partial charge in [0, 0.05) is 23.8 Å². The first-order chi connectivity index (χ1) is 15.0. The van der Waals surface area contributed by atoms with Gasteiger partial charge in [-0.2, -0.15) is 4.31 Å². The van der Waals surface area contributed by atoms with Gasteiger partial charge in [-0.25, -0.2) is 8.42 Å². The quantitative estimate of drug-likeness (QED) is 0.548. The van der Waals surface area contributed by atoms with Crippen molar-refractivity contribution in [2.45, 2.75) is 63.3 Å². The third kappa shape index (κ3) is 5.86. The monoisotopic (exact) mass is 444 g/mol. The van der Waals surface area contributed by atoms with Crippen molar-refractivity contribution in [1.82, 2.24) is 4.31 Å². The molecule has 6 nitrogen and oxygen atoms in total. The van der Waals surface area contributed by atoms with Gasteiger partial charge in [-0.15, -0.1) is 0 Å². The van der Waals surface area contributed by atoms with Crippen LogP contribution in [0.15, 0.2) is 53.4 Å². The fourth-order valence-corrected chi connectivity index (χ4v) is 5.55. The van der Waals surface area contributed by atoms with Crippen molar-refractivity contribution in [2.75, 3.05) is 18.5 Å². The van der Waals surface area contributed by atoms with Gasteiger partial charge in [-0.3, -0.25) is 4.79 Å². The minimum atomic E-state index is -3.53. The van der Waals surface area contributed by atoms with Gasteiger partial charge in [0.1, 0.15) is 5.75 Å². The zero-order valence-electron chi connectivity index (χ0n) is 18.3. The first kappa shape index (κ1) is 23.3. The van der Waals surface area contributed by atoms with E-state index in [9.17, 15) is 13.2 Å². The molecule has 7 heteroatoms. The molecule has 0 radical (unpaired) electrons. The van der Waals surface area contributed by atoms with Crippen LogP contribution in [0.25, 0.3) is 0 Å². The van der Waals surface area contributed by atoms with E-state index in [-0.39, 0.29) is 16.8 Å². The number of rotatable bonds is 9. The van der Waals surface area contributed by atoms with Crippen LogP contribution in [0.5, 0.6) is 5.75 Å². The Morgan fingerprint density at radius 2 is 1.77 bits per heavy atom. The zero-order valence-corrected chi connectivity index (χ0v) is 19.2. The van der Waals surface area contributed by atoms with E-state index in [1.165, 1.54) is 0 Å². The molecule has 2 aromatic carbocycles. The molecule has 0 spiro atoms. The number of hydrogen-bond acceptors (Lipinski definition) is 4. The second-order valence-electron chi connectivity index (χ2n) is 7.88. The van der Waals surface area contributed by atoms with E-state index in [1.54, 1.807) is 52.8 Å². The summed E-state index contributed by atoms with van der Waals surface area (Å²) in [6.07, 6.45) is 5.75. The highest BCUT2D eigenvalue weighted by Gasteiger charge is 2.32. The van der Waals surface area contributed by atoms with Gasteiger partial charge in [0.05, 0.1) is 11.5 Å². The molecule has 1 aliphatic rings. The lowest BCUT2D eigenvalue weighted by molar-refractivity contribution is 0.102. The number of ether oxygens (including phenoxy) is 1. The van der Waals surface area contributed by atoms with Crippen molar-refractivity contribution in [2.24, 2.45) is 0 Å². The molecular formula is C24H32N2O4S. The Morgan fingerprint density at radius 1 is 1.06 bits per heavy atom. The summed E-state index contributed by atoms with van der Waals surface area (Å²) in [6.45, 7) is 5.36. The van der Waals surface area contributed by atoms with E-state index < -0.39 is 10.0 Å². The predicted octanol–water partition coefficient (Wildman–Crippen LogP) is 5.07. The third-order valence-corrected chi connectivity index (χ3v) is 7.61. The number of hydrogen-bond donors (Lipinski definition) is 1. The van der Waals surface area contributed by atoms with Crippen LogP contribution in [0.4, 0.5) is 5.69 Å². The average Bonchev–Trinajstić information content (AvgIpc) is 2.80. The molecule has 2 aromatic rings. The lowest BCUT2D eigenvalue weighted by atomic mass is 10.0. The fraction of sp³-hybridized carbons (Fsp3) is 0.458. The highest BCUT2D eigenvalue weighted by molar-refractivity contribution is 7.89. The molecule has 1 heterocycles. The predicted molar refractivity (Wildman–Crippen MR) is 123 cm³/mol. The number of unbranched alkanes of at least 4 members (excludes halogenated alkanes) is 1. The minimum Gasteiger partial charge on any atom is -0.494 e. The molecular weight excluding hydrogens is 412 g/mol. The molecule has 1 amide bonds. The van der Waals surface area contributed by atoms with Gasteiger partial charge >= 0.3 is 0 Å². The van der Waals surface area contributed by atoms with Gasteiger partial charge in [-0.1, -0.05) is 26.7 Å². The number of anilines is 1. The Labute approximate surface area is 185 Å². The van der Waals surface area contributed by atoms with Crippen molar-refractivity contribution < 1.29 is 17.9 Å². The number of sulfonamides is 1. The summed E-state index contributed by atoms with van der Waals surface area (Å²) in [7, 11) is -3.53. The molecule has 0 bridgehead atoms. The van der Waals surface area contributed by atoms with Gasteiger partial charge in [0.15, 0.2) is 0 Å². The molecule has 1 N–H and O–H groups in total. The Balaban J connectivity index is 1.64. The second kappa shape index (κ2) is 10.8. The first-order valence-electron chi connectivity index (χ1n) is 11.1. The van der Waals surface area contributed by atoms with Gasteiger partial charge < -0.3 is 10.1 Å². The summed E-state index contributed by atoms with van der Waals surface area (Å²) in [5.74, 6) is 0.487. The molecule has 31 heavy (non-hydrogen) atoms. The van der Waals surface area contributed by atoms with Crippen LogP contribution >= 0.6 is 0 Å². The number of nitrogens with one attached hydrogen (secondary N) is 1. The molecule has 168 valence electrons. The molecule has 1 fully saturated rings. The third-order valence-electron chi connectivity index (χ3n) is 5.65. The summed E-state index contributed by atoms with van der Waals surface area (Å²) >= 11 is 0. The summed E-state index contributed by atoms with van der Waals surface area (Å²) in [6, 6.07) is 13.5. The van der Waals surface area contributed by atoms with Crippen LogP contribution in [-0.4, -0.2) is 37.8 Å². The molecule has 0 unspecified atom stereocenters. The standard InChI is InChI=1S/C24H32N2O4S/c1-3-5-18-30-22-13-9-19(10-14-22)24(27)25-20-11-15-23(16-12-20)31(28,29)26-17-7-6-8-21(26)4-2/h9-16,21H,3-8,17-18H2,1-2H3,(H,25,27)/t21-/m1/s1. The molecule has 0 aliphatic carbocycles. The van der Waals surface area contributed by atoms with Gasteiger partial charge in [-0.05, 0) is 74.2 Å². The van der Waals surface area contributed by atoms with E-state index in [2.05, 4.69) is 12.2 Å². The first-order valence-corrected chi connectivity index (χ1v) is 12.6. The average molecular weight is 445 g/mol. The van der Waals surface area contributed by atoms with Gasteiger partial charge in [0.2, 0.25) is 10.0 Å². The van der Waals surface area contributed by atoms with Gasteiger partial charge in [0.25, 0.3) is 5.91 Å². The number of nitrogens with zero attached hydrogens (tertiary/aromatic N) is 1. The lowest BCUT2D eigenvalue weighted by Gasteiger charge is -2.34. The van der Waals surface area contributed by atoms with Crippen LogP contribution in [-0.2, 0) is 10.0 Å². The topological polar surface area (TPSA) is 75.7 Å². The molecule has 0 aromatic heterocycles. The number of carbonyl (C=O) groups is 1. The van der Waals surface area contributed by atoms with E-state index in [0.29, 0.717) is 24.4 Å². The highest BCUT2D eigenvalue weighted by Crippen LogP contribution is 2.27. The number of piperidine rings is 1. The number of benzene rings is 2. The highest BCUT2D eigenvalue weighted by atomic mass is 32.2. The smallest absolute Gasteiger partial charge is 0.255 e. The lowest BCUT2D eigenvalue weighted by Crippen LogP contribution is -2.43. The largest absolute Gasteiger partial charge is 0.494 e. The fourth-order valence-electron chi connectivity index (χ4n) is 3.78. The second-order valence-corrected chi connectivity index (χ2v) is 9.77. The molecule has 1 aliphatic heterocycles. The maximum absolute atomic E-state index is 13.1. The van der Waals surface area contributed by atoms with Crippen LogP contribution in [0, 0.1) is 0 Å². The van der Waals surface area contributed by atoms with E-state index in [1.807, 2.05) is 6.92 Å². The number of amides is 1. The summed E-state index contributed by atoms with van der Waals surface area (Å²) in [5.41, 5.74) is 1.07. The normalized spacial score (nSPS) is 17.3. The van der Waals surface area contributed by atoms with Crippen LogP contribution in [0.2, 0.25) is 0 Å². The Bertz CT molecular complexity index is 956. The van der Waals surface area contributed by atoms with E-state index >= 15 is 0 Å². The maximum atomic E-state index is 13.1. The SMILES string of the molecule is CCCCOc1ccc(C(=O)Nc2ccc(S(=O)(=O)N3CCCC[C@H]3CC)cc2)cc1. The maximum Gasteiger partial charge on any atom is 0.255 e. The van der Waals surface area contributed by atoms with Crippen molar-refractivity contribution >= 4 is 21.6 Å². The molecule has 1 saturated heterocycles. The zero-order chi connectivity index (χ0) is 22.3. The van der Waals surface area contributed by atoms with Crippen molar-refractivity contribution in [3.8, 4) is 5.75 Å². The summed E-state index contributed by atoms with van der Waals surface area (Å²) in [4.78, 5) is 12.8. The minimum absolute atomic E-state index is 0.0621. The summed E-state index contributed by atoms with van der Waals surface area (Å²) in [5, 5.41) is 2.82. The van der Waals surface area contributed by atoms with E-state index in [4.69, 9.17) is 4.74 Å². The van der Waals surface area contributed by atoms with E-state index in [0.717, 1.165) is 44.3 Å². The Kier molecular flexibility index (Phi) is 8.09. The van der Waals surface area contributed by atoms with Crippen LogP contribution < -0.4 is 10.1 Å². The van der Waals surface area contributed by atoms with Crippen LogP contribution in [0.1, 0.15) is 62.7 Å². The Hall–Kier alpha value is -2.38. The number of carbonyl (C=O) groups excluding carboxylic acids is 1. The van der Waals surface area contributed by atoms with Crippen molar-refractivity contribution in [3.05, 3.63) is 54.1 Å². The molecule has 3 rings (SSSR count). The van der Waals surface area contributed by atoms with Crippen molar-refractivity contribution in [1.29, 1.82) is 0 Å². The molecule has 1 atom stereocenters. The van der Waals surface area contributed by atoms with Crippen molar-refractivity contribution in [3.63, 3.8) is 0 Å². The summed E-state index contributed by atoms with van der Waals surface area (Å²) < 4.78 is 33.4.